The van der Waals surface area contributed by atoms with E-state index in [1.165, 1.54) is 0 Å². The summed E-state index contributed by atoms with van der Waals surface area (Å²) >= 11 is 0. The standard InChI is InChI=1S/C16H17F2NO/c1-2-16(19)11-3-6-14(7-4-11)20-10-12-9-13(17)5-8-15(12)18/h3-9,16H,2,10,19H2,1H3. The van der Waals surface area contributed by atoms with Crippen LogP contribution in [0.3, 0.4) is 0 Å². The highest BCUT2D eigenvalue weighted by molar-refractivity contribution is 5.29. The lowest BCUT2D eigenvalue weighted by atomic mass is 10.1. The molecule has 2 nitrogen and oxygen atoms in total. The summed E-state index contributed by atoms with van der Waals surface area (Å²) in [6.07, 6.45) is 0.856. The molecule has 0 saturated heterocycles. The Labute approximate surface area is 117 Å². The first-order valence-electron chi connectivity index (χ1n) is 6.52. The van der Waals surface area contributed by atoms with Gasteiger partial charge in [-0.2, -0.15) is 0 Å². The number of rotatable bonds is 5. The molecule has 0 aliphatic rings. The van der Waals surface area contributed by atoms with Crippen LogP contribution in [0, 0.1) is 11.6 Å². The SMILES string of the molecule is CCC(N)c1ccc(OCc2cc(F)ccc2F)cc1. The van der Waals surface area contributed by atoms with Crippen molar-refractivity contribution in [1.82, 2.24) is 0 Å². The molecule has 0 fully saturated rings. The average Bonchev–Trinajstić information content (AvgIpc) is 2.48. The summed E-state index contributed by atoms with van der Waals surface area (Å²) in [4.78, 5) is 0. The van der Waals surface area contributed by atoms with E-state index < -0.39 is 11.6 Å². The third-order valence-corrected chi connectivity index (χ3v) is 3.15. The van der Waals surface area contributed by atoms with E-state index in [0.717, 1.165) is 30.2 Å². The fourth-order valence-electron chi connectivity index (χ4n) is 1.86. The Bertz CT molecular complexity index is 569. The monoisotopic (exact) mass is 277 g/mol. The first-order valence-corrected chi connectivity index (χ1v) is 6.52. The van der Waals surface area contributed by atoms with Crippen LogP contribution in [0.15, 0.2) is 42.5 Å². The molecule has 4 heteroatoms. The minimum Gasteiger partial charge on any atom is -0.489 e. The van der Waals surface area contributed by atoms with E-state index in [0.29, 0.717) is 5.75 Å². The van der Waals surface area contributed by atoms with E-state index in [-0.39, 0.29) is 18.2 Å². The summed E-state index contributed by atoms with van der Waals surface area (Å²) in [6.45, 7) is 2.00. The van der Waals surface area contributed by atoms with Gasteiger partial charge in [0.2, 0.25) is 0 Å². The molecule has 2 rings (SSSR count). The molecule has 20 heavy (non-hydrogen) atoms. The van der Waals surface area contributed by atoms with Crippen molar-refractivity contribution in [2.24, 2.45) is 5.73 Å². The topological polar surface area (TPSA) is 35.2 Å². The zero-order chi connectivity index (χ0) is 14.5. The molecule has 106 valence electrons. The molecule has 0 heterocycles. The van der Waals surface area contributed by atoms with E-state index in [2.05, 4.69) is 0 Å². The van der Waals surface area contributed by atoms with Gasteiger partial charge in [-0.3, -0.25) is 0 Å². The second-order valence-electron chi connectivity index (χ2n) is 4.61. The molecule has 0 aliphatic carbocycles. The molecule has 0 radical (unpaired) electrons. The Morgan fingerprint density at radius 1 is 1.10 bits per heavy atom. The van der Waals surface area contributed by atoms with Crippen molar-refractivity contribution in [2.75, 3.05) is 0 Å². The second-order valence-corrected chi connectivity index (χ2v) is 4.61. The Hall–Kier alpha value is -1.94. The molecule has 0 aromatic heterocycles. The Balaban J connectivity index is 2.02. The van der Waals surface area contributed by atoms with Crippen LogP contribution in [0.25, 0.3) is 0 Å². The normalized spacial score (nSPS) is 12.2. The van der Waals surface area contributed by atoms with Crippen LogP contribution in [0.4, 0.5) is 8.78 Å². The fraction of sp³-hybridized carbons (Fsp3) is 0.250. The molecule has 2 aromatic rings. The number of hydrogen-bond donors (Lipinski definition) is 1. The van der Waals surface area contributed by atoms with Gasteiger partial charge in [-0.15, -0.1) is 0 Å². The smallest absolute Gasteiger partial charge is 0.130 e. The third kappa shape index (κ3) is 3.54. The average molecular weight is 277 g/mol. The summed E-state index contributed by atoms with van der Waals surface area (Å²) in [5.41, 5.74) is 7.13. The van der Waals surface area contributed by atoms with Crippen molar-refractivity contribution in [3.63, 3.8) is 0 Å². The minimum atomic E-state index is -0.478. The summed E-state index contributed by atoms with van der Waals surface area (Å²) in [5.74, 6) is -0.356. The van der Waals surface area contributed by atoms with Crippen molar-refractivity contribution in [1.29, 1.82) is 0 Å². The second kappa shape index (κ2) is 6.48. The zero-order valence-electron chi connectivity index (χ0n) is 11.3. The number of ether oxygens (including phenoxy) is 1. The van der Waals surface area contributed by atoms with E-state index in [9.17, 15) is 8.78 Å². The van der Waals surface area contributed by atoms with Crippen molar-refractivity contribution >= 4 is 0 Å². The van der Waals surface area contributed by atoms with Gasteiger partial charge in [0, 0.05) is 11.6 Å². The highest BCUT2D eigenvalue weighted by atomic mass is 19.1. The van der Waals surface area contributed by atoms with Crippen LogP contribution < -0.4 is 10.5 Å². The Morgan fingerprint density at radius 2 is 1.80 bits per heavy atom. The molecule has 0 saturated carbocycles. The maximum atomic E-state index is 13.4. The lowest BCUT2D eigenvalue weighted by molar-refractivity contribution is 0.299. The van der Waals surface area contributed by atoms with Gasteiger partial charge in [0.05, 0.1) is 0 Å². The molecule has 0 bridgehead atoms. The van der Waals surface area contributed by atoms with Crippen LogP contribution in [-0.2, 0) is 6.61 Å². The molecule has 0 spiro atoms. The number of benzene rings is 2. The van der Waals surface area contributed by atoms with Gasteiger partial charge in [0.25, 0.3) is 0 Å². The van der Waals surface area contributed by atoms with E-state index in [1.54, 1.807) is 12.1 Å². The van der Waals surface area contributed by atoms with Crippen LogP contribution in [0.2, 0.25) is 0 Å². The maximum Gasteiger partial charge on any atom is 0.130 e. The van der Waals surface area contributed by atoms with Gasteiger partial charge in [0.15, 0.2) is 0 Å². The van der Waals surface area contributed by atoms with Gasteiger partial charge in [0.1, 0.15) is 24.0 Å². The largest absolute Gasteiger partial charge is 0.489 e. The molecule has 0 amide bonds. The fourth-order valence-corrected chi connectivity index (χ4v) is 1.86. The van der Waals surface area contributed by atoms with Crippen molar-refractivity contribution in [2.45, 2.75) is 26.0 Å². The predicted molar refractivity (Wildman–Crippen MR) is 74.4 cm³/mol. The van der Waals surface area contributed by atoms with Crippen LogP contribution >= 0.6 is 0 Å². The van der Waals surface area contributed by atoms with Crippen molar-refractivity contribution < 1.29 is 13.5 Å². The highest BCUT2D eigenvalue weighted by Crippen LogP contribution is 2.20. The molecule has 1 atom stereocenters. The minimum absolute atomic E-state index is 0.00436. The molecular formula is C16H17F2NO. The van der Waals surface area contributed by atoms with Crippen LogP contribution in [-0.4, -0.2) is 0 Å². The highest BCUT2D eigenvalue weighted by Gasteiger charge is 2.06. The summed E-state index contributed by atoms with van der Waals surface area (Å²) < 4.78 is 31.9. The molecule has 0 aliphatic heterocycles. The molecule has 1 unspecified atom stereocenters. The van der Waals surface area contributed by atoms with Crippen molar-refractivity contribution in [3.8, 4) is 5.75 Å². The number of hydrogen-bond acceptors (Lipinski definition) is 2. The first-order chi connectivity index (χ1) is 9.60. The van der Waals surface area contributed by atoms with E-state index >= 15 is 0 Å². The van der Waals surface area contributed by atoms with Gasteiger partial charge in [-0.1, -0.05) is 19.1 Å². The van der Waals surface area contributed by atoms with Gasteiger partial charge in [-0.25, -0.2) is 8.78 Å². The quantitative estimate of drug-likeness (QED) is 0.898. The lowest BCUT2D eigenvalue weighted by Crippen LogP contribution is -2.08. The van der Waals surface area contributed by atoms with Crippen LogP contribution in [0.1, 0.15) is 30.5 Å². The first kappa shape index (κ1) is 14.5. The van der Waals surface area contributed by atoms with Gasteiger partial charge >= 0.3 is 0 Å². The third-order valence-electron chi connectivity index (χ3n) is 3.15. The molecule has 2 aromatic carbocycles. The Kier molecular flexibility index (Phi) is 4.69. The number of halogens is 2. The predicted octanol–water partition coefficient (Wildman–Crippen LogP) is 3.95. The van der Waals surface area contributed by atoms with Gasteiger partial charge in [-0.05, 0) is 42.3 Å². The molecule has 2 N–H and O–H groups in total. The number of nitrogens with two attached hydrogens (primary N) is 1. The summed E-state index contributed by atoms with van der Waals surface area (Å²) in [5, 5.41) is 0. The Morgan fingerprint density at radius 3 is 2.45 bits per heavy atom. The summed E-state index contributed by atoms with van der Waals surface area (Å²) in [6, 6.07) is 10.6. The zero-order valence-corrected chi connectivity index (χ0v) is 11.3. The van der Waals surface area contributed by atoms with Crippen LogP contribution in [0.5, 0.6) is 5.75 Å². The molecular weight excluding hydrogens is 260 g/mol. The van der Waals surface area contributed by atoms with E-state index in [4.69, 9.17) is 10.5 Å². The van der Waals surface area contributed by atoms with Gasteiger partial charge < -0.3 is 10.5 Å². The van der Waals surface area contributed by atoms with Crippen molar-refractivity contribution in [3.05, 3.63) is 65.2 Å². The lowest BCUT2D eigenvalue weighted by Gasteiger charge is -2.11. The van der Waals surface area contributed by atoms with E-state index in [1.807, 2.05) is 19.1 Å². The maximum absolute atomic E-state index is 13.4. The summed E-state index contributed by atoms with van der Waals surface area (Å²) in [7, 11) is 0.